The number of carbonyl (C=O) groups is 1. The Bertz CT molecular complexity index is 1750. The lowest BCUT2D eigenvalue weighted by Gasteiger charge is -2.32. The Morgan fingerprint density at radius 2 is 1.61 bits per heavy atom. The number of hydrogen-bond acceptors (Lipinski definition) is 13. The zero-order valence-electron chi connectivity index (χ0n) is 30.0. The number of aromatic nitrogens is 2. The van der Waals surface area contributed by atoms with Gasteiger partial charge in [-0.15, -0.1) is 0 Å². The highest BCUT2D eigenvalue weighted by Crippen LogP contribution is 2.41. The molecule has 1 aliphatic rings. The monoisotopic (exact) mass is 702 g/mol. The van der Waals surface area contributed by atoms with E-state index in [1.54, 1.807) is 77.0 Å². The first kappa shape index (κ1) is 37.0. The zero-order chi connectivity index (χ0) is 36.2. The van der Waals surface area contributed by atoms with Crippen LogP contribution >= 0.6 is 0 Å². The maximum atomic E-state index is 14.0. The number of piperazine rings is 1. The van der Waals surface area contributed by atoms with Crippen LogP contribution in [0.1, 0.15) is 12.0 Å². The SMILES string of the molecule is COCc1ccccc1OC(=O)N(c1ccnc(Nc2cc(OC)c(OC)c(OCCCN3CCN(C)CC3)c2)n1)c1ccc(OC)cc1OC. The summed E-state index contributed by atoms with van der Waals surface area (Å²) in [6.07, 6.45) is 1.66. The van der Waals surface area contributed by atoms with Crippen LogP contribution in [0.4, 0.5) is 27.9 Å². The number of methoxy groups -OCH3 is 5. The summed E-state index contributed by atoms with van der Waals surface area (Å²) in [5.74, 6) is 3.12. The van der Waals surface area contributed by atoms with Gasteiger partial charge in [-0.3, -0.25) is 0 Å². The first-order valence-corrected chi connectivity index (χ1v) is 16.6. The quantitative estimate of drug-likeness (QED) is 0.142. The molecule has 1 aromatic heterocycles. The summed E-state index contributed by atoms with van der Waals surface area (Å²) in [4.78, 5) is 29.3. The van der Waals surface area contributed by atoms with Crippen molar-refractivity contribution in [3.8, 4) is 34.5 Å². The van der Waals surface area contributed by atoms with Crippen LogP contribution in [0.2, 0.25) is 0 Å². The van der Waals surface area contributed by atoms with Gasteiger partial charge in [-0.2, -0.15) is 4.98 Å². The van der Waals surface area contributed by atoms with Crippen molar-refractivity contribution in [1.29, 1.82) is 0 Å². The minimum Gasteiger partial charge on any atom is -0.497 e. The van der Waals surface area contributed by atoms with Gasteiger partial charge in [-0.25, -0.2) is 14.7 Å². The maximum Gasteiger partial charge on any atom is 0.425 e. The number of amides is 1. The lowest BCUT2D eigenvalue weighted by Crippen LogP contribution is -2.44. The number of para-hydroxylation sites is 1. The average Bonchev–Trinajstić information content (AvgIpc) is 3.15. The fourth-order valence-electron chi connectivity index (χ4n) is 5.62. The second-order valence-electron chi connectivity index (χ2n) is 11.7. The normalized spacial score (nSPS) is 13.3. The second kappa shape index (κ2) is 18.1. The van der Waals surface area contributed by atoms with E-state index in [4.69, 9.17) is 38.1 Å². The van der Waals surface area contributed by atoms with Crippen LogP contribution in [0.5, 0.6) is 34.5 Å². The summed E-state index contributed by atoms with van der Waals surface area (Å²) in [5, 5.41) is 3.23. The third-order valence-corrected chi connectivity index (χ3v) is 8.32. The molecule has 0 spiro atoms. The number of hydrogen-bond donors (Lipinski definition) is 1. The molecule has 14 nitrogen and oxygen atoms in total. The van der Waals surface area contributed by atoms with Gasteiger partial charge in [-0.1, -0.05) is 18.2 Å². The molecule has 1 N–H and O–H groups in total. The summed E-state index contributed by atoms with van der Waals surface area (Å²) in [6, 6.07) is 17.4. The lowest BCUT2D eigenvalue weighted by atomic mass is 10.2. The number of anilines is 4. The standard InChI is InChI=1S/C37H46N6O8/c1-41-17-19-42(20-18-41)16-9-21-50-33-23-27(22-32(48-5)35(33)49-6)39-36-38-15-14-34(40-36)43(29-13-12-28(46-3)24-31(29)47-4)37(44)51-30-11-8-7-10-26(30)25-45-2/h7-8,10-15,22-24H,9,16-21,25H2,1-6H3,(H,38,39,40). The minimum atomic E-state index is -0.731. The van der Waals surface area contributed by atoms with Crippen molar-refractivity contribution in [2.75, 3.05) is 92.1 Å². The highest BCUT2D eigenvalue weighted by molar-refractivity contribution is 5.98. The molecule has 1 amide bonds. The molecule has 14 heteroatoms. The topological polar surface area (TPSA) is 129 Å². The van der Waals surface area contributed by atoms with Crippen molar-refractivity contribution >= 4 is 29.2 Å². The second-order valence-corrected chi connectivity index (χ2v) is 11.7. The molecule has 0 saturated carbocycles. The van der Waals surface area contributed by atoms with Crippen LogP contribution in [-0.2, 0) is 11.3 Å². The smallest absolute Gasteiger partial charge is 0.425 e. The zero-order valence-corrected chi connectivity index (χ0v) is 30.0. The van der Waals surface area contributed by atoms with Crippen molar-refractivity contribution in [2.24, 2.45) is 0 Å². The highest BCUT2D eigenvalue weighted by atomic mass is 16.6. The van der Waals surface area contributed by atoms with E-state index in [1.807, 2.05) is 12.1 Å². The van der Waals surface area contributed by atoms with Gasteiger partial charge in [0.2, 0.25) is 11.7 Å². The van der Waals surface area contributed by atoms with Gasteiger partial charge in [0.05, 0.1) is 47.3 Å². The number of nitrogens with zero attached hydrogens (tertiary/aromatic N) is 5. The predicted molar refractivity (Wildman–Crippen MR) is 194 cm³/mol. The van der Waals surface area contributed by atoms with Crippen molar-refractivity contribution < 1.29 is 38.0 Å². The molecule has 0 atom stereocenters. The molecule has 0 aliphatic carbocycles. The molecule has 3 aromatic carbocycles. The van der Waals surface area contributed by atoms with E-state index in [0.717, 1.165) is 39.1 Å². The Morgan fingerprint density at radius 1 is 0.843 bits per heavy atom. The molecular weight excluding hydrogens is 656 g/mol. The summed E-state index contributed by atoms with van der Waals surface area (Å²) in [5.41, 5.74) is 1.66. The van der Waals surface area contributed by atoms with Gasteiger partial charge in [0.15, 0.2) is 11.5 Å². The van der Waals surface area contributed by atoms with Gasteiger partial charge < -0.3 is 48.3 Å². The predicted octanol–water partition coefficient (Wildman–Crippen LogP) is 5.75. The average molecular weight is 703 g/mol. The lowest BCUT2D eigenvalue weighted by molar-refractivity contribution is 0.145. The summed E-state index contributed by atoms with van der Waals surface area (Å²) >= 11 is 0. The molecule has 1 saturated heterocycles. The fourth-order valence-corrected chi connectivity index (χ4v) is 5.62. The summed E-state index contributed by atoms with van der Waals surface area (Å²) < 4.78 is 39.8. The van der Waals surface area contributed by atoms with Crippen LogP contribution < -0.4 is 38.6 Å². The molecular formula is C37H46N6O8. The van der Waals surface area contributed by atoms with Crippen molar-refractivity contribution in [3.63, 3.8) is 0 Å². The van der Waals surface area contributed by atoms with Crippen LogP contribution in [0.3, 0.4) is 0 Å². The first-order valence-electron chi connectivity index (χ1n) is 16.6. The minimum absolute atomic E-state index is 0.200. The van der Waals surface area contributed by atoms with Crippen LogP contribution in [0.15, 0.2) is 66.9 Å². The Kier molecular flexibility index (Phi) is 13.1. The van der Waals surface area contributed by atoms with Crippen LogP contribution in [0.25, 0.3) is 0 Å². The third kappa shape index (κ3) is 9.48. The van der Waals surface area contributed by atoms with E-state index in [1.165, 1.54) is 18.2 Å². The van der Waals surface area contributed by atoms with E-state index in [0.29, 0.717) is 58.0 Å². The van der Waals surface area contributed by atoms with E-state index in [2.05, 4.69) is 27.1 Å². The summed E-state index contributed by atoms with van der Waals surface area (Å²) in [7, 11) is 9.91. The molecule has 272 valence electrons. The number of carbonyl (C=O) groups excluding carboxylic acids is 1. The summed E-state index contributed by atoms with van der Waals surface area (Å²) in [6.45, 7) is 5.93. The third-order valence-electron chi connectivity index (χ3n) is 8.32. The van der Waals surface area contributed by atoms with Gasteiger partial charge in [-0.05, 0) is 31.7 Å². The van der Waals surface area contributed by atoms with Crippen molar-refractivity contribution in [2.45, 2.75) is 13.0 Å². The Morgan fingerprint density at radius 3 is 2.33 bits per heavy atom. The number of benzene rings is 3. The van der Waals surface area contributed by atoms with Crippen LogP contribution in [0, 0.1) is 0 Å². The molecule has 5 rings (SSSR count). The van der Waals surface area contributed by atoms with E-state index < -0.39 is 6.09 Å². The molecule has 1 fully saturated rings. The van der Waals surface area contributed by atoms with Crippen molar-refractivity contribution in [1.82, 2.24) is 19.8 Å². The molecule has 2 heterocycles. The van der Waals surface area contributed by atoms with E-state index >= 15 is 0 Å². The molecule has 0 radical (unpaired) electrons. The largest absolute Gasteiger partial charge is 0.497 e. The number of likely N-dealkylation sites (N-methyl/N-ethyl adjacent to an activating group) is 1. The number of nitrogens with one attached hydrogen (secondary N) is 1. The van der Waals surface area contributed by atoms with Crippen molar-refractivity contribution in [3.05, 3.63) is 72.4 Å². The fraction of sp³-hybridized carbons (Fsp3) is 0.378. The Hall–Kier alpha value is -5.31. The van der Waals surface area contributed by atoms with E-state index in [9.17, 15) is 4.79 Å². The first-order chi connectivity index (χ1) is 24.9. The van der Waals surface area contributed by atoms with Gasteiger partial charge in [0, 0.05) is 81.5 Å². The van der Waals surface area contributed by atoms with Gasteiger partial charge in [0.25, 0.3) is 0 Å². The maximum absolute atomic E-state index is 14.0. The number of rotatable bonds is 16. The van der Waals surface area contributed by atoms with Gasteiger partial charge in [0.1, 0.15) is 23.1 Å². The highest BCUT2D eigenvalue weighted by Gasteiger charge is 2.27. The van der Waals surface area contributed by atoms with Gasteiger partial charge >= 0.3 is 6.09 Å². The molecule has 0 unspecified atom stereocenters. The number of ether oxygens (including phenoxy) is 7. The Labute approximate surface area is 298 Å². The molecule has 1 aliphatic heterocycles. The molecule has 4 aromatic rings. The molecule has 51 heavy (non-hydrogen) atoms. The Balaban J connectivity index is 1.42. The van der Waals surface area contributed by atoms with Crippen LogP contribution in [-0.4, -0.2) is 108 Å². The van der Waals surface area contributed by atoms with E-state index in [-0.39, 0.29) is 18.4 Å². The molecule has 0 bridgehead atoms.